The number of hydrogen-bond acceptors (Lipinski definition) is 6. The van der Waals surface area contributed by atoms with Gasteiger partial charge in [0.2, 0.25) is 5.91 Å². The standard InChI is InChI=1S/C21H24N6O/c1-15-4-3-5-17(10-15)12-21(28)24-9-8-23-18-13-20(26-14-25-18)27-19-11-16(2)6-7-22-19/h3-7,10-11,13-14H,8-9,12H2,1-2H3,(H,24,28)(H2,22,23,25,26,27). The Balaban J connectivity index is 1.44. The van der Waals surface area contributed by atoms with Crippen molar-refractivity contribution in [1.29, 1.82) is 0 Å². The van der Waals surface area contributed by atoms with Crippen LogP contribution in [0.3, 0.4) is 0 Å². The van der Waals surface area contributed by atoms with E-state index in [2.05, 4.69) is 30.9 Å². The Bertz CT molecular complexity index is 943. The molecule has 0 aliphatic heterocycles. The fraction of sp³-hybridized carbons (Fsp3) is 0.238. The number of hydrogen-bond donors (Lipinski definition) is 3. The molecule has 0 atom stereocenters. The van der Waals surface area contributed by atoms with Gasteiger partial charge >= 0.3 is 0 Å². The smallest absolute Gasteiger partial charge is 0.224 e. The van der Waals surface area contributed by atoms with Crippen molar-refractivity contribution in [3.63, 3.8) is 0 Å². The predicted octanol–water partition coefficient (Wildman–Crippen LogP) is 3.00. The molecule has 3 aromatic rings. The number of carbonyl (C=O) groups is 1. The minimum Gasteiger partial charge on any atom is -0.368 e. The van der Waals surface area contributed by atoms with Crippen LogP contribution in [0.4, 0.5) is 17.5 Å². The normalized spacial score (nSPS) is 10.4. The largest absolute Gasteiger partial charge is 0.368 e. The molecule has 3 rings (SSSR count). The Morgan fingerprint density at radius 3 is 2.50 bits per heavy atom. The number of carbonyl (C=O) groups excluding carboxylic acids is 1. The molecule has 1 aromatic carbocycles. The number of benzene rings is 1. The minimum absolute atomic E-state index is 0.00275. The first-order valence-electron chi connectivity index (χ1n) is 9.16. The summed E-state index contributed by atoms with van der Waals surface area (Å²) in [6.45, 7) is 5.10. The number of aromatic nitrogens is 3. The van der Waals surface area contributed by atoms with Crippen LogP contribution in [0.15, 0.2) is 55.0 Å². The maximum atomic E-state index is 12.0. The summed E-state index contributed by atoms with van der Waals surface area (Å²) in [5.41, 5.74) is 3.29. The van der Waals surface area contributed by atoms with E-state index in [1.54, 1.807) is 12.3 Å². The number of rotatable bonds is 8. The lowest BCUT2D eigenvalue weighted by Gasteiger charge is -2.09. The third kappa shape index (κ3) is 6.05. The maximum absolute atomic E-state index is 12.0. The van der Waals surface area contributed by atoms with E-state index >= 15 is 0 Å². The summed E-state index contributed by atoms with van der Waals surface area (Å²) < 4.78 is 0. The first-order chi connectivity index (χ1) is 13.6. The van der Waals surface area contributed by atoms with Crippen molar-refractivity contribution in [2.75, 3.05) is 23.7 Å². The van der Waals surface area contributed by atoms with Gasteiger partial charge in [-0.3, -0.25) is 4.79 Å². The first-order valence-corrected chi connectivity index (χ1v) is 9.16. The molecule has 144 valence electrons. The van der Waals surface area contributed by atoms with Gasteiger partial charge in [-0.2, -0.15) is 0 Å². The molecule has 0 bridgehead atoms. The molecular weight excluding hydrogens is 352 g/mol. The van der Waals surface area contributed by atoms with E-state index in [4.69, 9.17) is 0 Å². The Hall–Kier alpha value is -3.48. The molecule has 1 amide bonds. The first kappa shape index (κ1) is 19.3. The number of nitrogens with zero attached hydrogens (tertiary/aromatic N) is 3. The van der Waals surface area contributed by atoms with Crippen LogP contribution < -0.4 is 16.0 Å². The molecular formula is C21H24N6O. The SMILES string of the molecule is Cc1cccc(CC(=O)NCCNc2cc(Nc3cc(C)ccn3)ncn2)c1. The Morgan fingerprint density at radius 1 is 0.893 bits per heavy atom. The average Bonchev–Trinajstić information content (AvgIpc) is 2.66. The molecule has 0 saturated heterocycles. The van der Waals surface area contributed by atoms with Crippen LogP contribution in [0.25, 0.3) is 0 Å². The van der Waals surface area contributed by atoms with E-state index in [1.165, 1.54) is 6.33 Å². The summed E-state index contributed by atoms with van der Waals surface area (Å²) in [4.78, 5) is 24.7. The van der Waals surface area contributed by atoms with Crippen LogP contribution in [0, 0.1) is 13.8 Å². The van der Waals surface area contributed by atoms with Crippen LogP contribution in [0.2, 0.25) is 0 Å². The summed E-state index contributed by atoms with van der Waals surface area (Å²) in [5.74, 6) is 2.06. The van der Waals surface area contributed by atoms with Crippen LogP contribution in [0.5, 0.6) is 0 Å². The van der Waals surface area contributed by atoms with E-state index < -0.39 is 0 Å². The second kappa shape index (κ2) is 9.45. The molecule has 0 fully saturated rings. The summed E-state index contributed by atoms with van der Waals surface area (Å²) in [7, 11) is 0. The molecule has 0 unspecified atom stereocenters. The fourth-order valence-electron chi connectivity index (χ4n) is 2.72. The second-order valence-corrected chi connectivity index (χ2v) is 6.57. The molecule has 3 N–H and O–H groups in total. The van der Waals surface area contributed by atoms with Crippen molar-refractivity contribution in [2.24, 2.45) is 0 Å². The second-order valence-electron chi connectivity index (χ2n) is 6.57. The highest BCUT2D eigenvalue weighted by Gasteiger charge is 2.04. The molecule has 0 aliphatic rings. The maximum Gasteiger partial charge on any atom is 0.224 e. The van der Waals surface area contributed by atoms with Gasteiger partial charge in [-0.1, -0.05) is 29.8 Å². The van der Waals surface area contributed by atoms with Gasteiger partial charge in [0.15, 0.2) is 0 Å². The van der Waals surface area contributed by atoms with E-state index in [-0.39, 0.29) is 5.91 Å². The molecule has 0 radical (unpaired) electrons. The van der Waals surface area contributed by atoms with Gasteiger partial charge < -0.3 is 16.0 Å². The molecule has 28 heavy (non-hydrogen) atoms. The molecule has 0 aliphatic carbocycles. The molecule has 2 aromatic heterocycles. The van der Waals surface area contributed by atoms with Gasteiger partial charge in [0.1, 0.15) is 23.8 Å². The molecule has 7 nitrogen and oxygen atoms in total. The molecule has 0 saturated carbocycles. The van der Waals surface area contributed by atoms with Gasteiger partial charge in [0.05, 0.1) is 6.42 Å². The van der Waals surface area contributed by atoms with Crippen molar-refractivity contribution in [3.05, 3.63) is 71.7 Å². The number of aryl methyl sites for hydroxylation is 2. The van der Waals surface area contributed by atoms with Gasteiger partial charge in [0.25, 0.3) is 0 Å². The molecule has 0 spiro atoms. The van der Waals surface area contributed by atoms with Gasteiger partial charge in [0, 0.05) is 25.4 Å². The minimum atomic E-state index is 0.00275. The van der Waals surface area contributed by atoms with Crippen LogP contribution in [-0.2, 0) is 11.2 Å². The summed E-state index contributed by atoms with van der Waals surface area (Å²) in [6.07, 6.45) is 3.61. The Labute approximate surface area is 164 Å². The zero-order chi connectivity index (χ0) is 19.8. The number of pyridine rings is 1. The van der Waals surface area contributed by atoms with Crippen molar-refractivity contribution in [3.8, 4) is 0 Å². The Kier molecular flexibility index (Phi) is 6.51. The lowest BCUT2D eigenvalue weighted by Crippen LogP contribution is -2.30. The van der Waals surface area contributed by atoms with E-state index in [1.807, 2.05) is 50.2 Å². The number of anilines is 3. The van der Waals surface area contributed by atoms with Gasteiger partial charge in [-0.15, -0.1) is 0 Å². The topological polar surface area (TPSA) is 91.8 Å². The monoisotopic (exact) mass is 376 g/mol. The third-order valence-corrected chi connectivity index (χ3v) is 4.04. The zero-order valence-electron chi connectivity index (χ0n) is 16.1. The van der Waals surface area contributed by atoms with E-state index in [9.17, 15) is 4.79 Å². The fourth-order valence-corrected chi connectivity index (χ4v) is 2.72. The Morgan fingerprint density at radius 2 is 1.68 bits per heavy atom. The zero-order valence-corrected chi connectivity index (χ0v) is 16.1. The van der Waals surface area contributed by atoms with E-state index in [0.29, 0.717) is 31.1 Å². The van der Waals surface area contributed by atoms with Gasteiger partial charge in [-0.25, -0.2) is 15.0 Å². The van der Waals surface area contributed by atoms with Crippen LogP contribution in [-0.4, -0.2) is 33.9 Å². The van der Waals surface area contributed by atoms with Crippen LogP contribution in [0.1, 0.15) is 16.7 Å². The average molecular weight is 376 g/mol. The number of amides is 1. The lowest BCUT2D eigenvalue weighted by atomic mass is 10.1. The van der Waals surface area contributed by atoms with Gasteiger partial charge in [-0.05, 0) is 37.1 Å². The summed E-state index contributed by atoms with van der Waals surface area (Å²) >= 11 is 0. The highest BCUT2D eigenvalue weighted by molar-refractivity contribution is 5.78. The molecule has 7 heteroatoms. The van der Waals surface area contributed by atoms with Crippen molar-refractivity contribution in [1.82, 2.24) is 20.3 Å². The summed E-state index contributed by atoms with van der Waals surface area (Å²) in [6, 6.07) is 13.7. The third-order valence-electron chi connectivity index (χ3n) is 4.04. The van der Waals surface area contributed by atoms with Crippen molar-refractivity contribution < 1.29 is 4.79 Å². The number of nitrogens with one attached hydrogen (secondary N) is 3. The lowest BCUT2D eigenvalue weighted by molar-refractivity contribution is -0.120. The summed E-state index contributed by atoms with van der Waals surface area (Å²) in [5, 5.41) is 9.25. The van der Waals surface area contributed by atoms with Crippen molar-refractivity contribution in [2.45, 2.75) is 20.3 Å². The highest BCUT2D eigenvalue weighted by atomic mass is 16.1. The highest BCUT2D eigenvalue weighted by Crippen LogP contribution is 2.14. The predicted molar refractivity (Wildman–Crippen MR) is 111 cm³/mol. The molecule has 2 heterocycles. The van der Waals surface area contributed by atoms with Crippen molar-refractivity contribution >= 4 is 23.4 Å². The quantitative estimate of drug-likeness (QED) is 0.524. The van der Waals surface area contributed by atoms with Crippen LogP contribution >= 0.6 is 0 Å². The van der Waals surface area contributed by atoms with E-state index in [0.717, 1.165) is 22.5 Å².